The SMILES string of the molecule is CCNC(=NCc1cc(F)ccc1F)NC(C)COC1CCOC1.I. The Balaban J connectivity index is 0.00000312. The fourth-order valence-corrected chi connectivity index (χ4v) is 2.35. The third kappa shape index (κ3) is 7.83. The highest BCUT2D eigenvalue weighted by atomic mass is 127. The van der Waals surface area contributed by atoms with Crippen molar-refractivity contribution in [1.82, 2.24) is 10.6 Å². The van der Waals surface area contributed by atoms with Crippen molar-refractivity contribution in [3.8, 4) is 0 Å². The van der Waals surface area contributed by atoms with Crippen LogP contribution in [0.15, 0.2) is 23.2 Å². The lowest BCUT2D eigenvalue weighted by atomic mass is 10.2. The smallest absolute Gasteiger partial charge is 0.191 e. The van der Waals surface area contributed by atoms with E-state index in [2.05, 4.69) is 15.6 Å². The van der Waals surface area contributed by atoms with Gasteiger partial charge >= 0.3 is 0 Å². The minimum absolute atomic E-state index is 0. The Kier molecular flexibility index (Phi) is 10.2. The molecule has 1 aromatic carbocycles. The zero-order chi connectivity index (χ0) is 17.4. The van der Waals surface area contributed by atoms with Crippen molar-refractivity contribution in [1.29, 1.82) is 0 Å². The van der Waals surface area contributed by atoms with Gasteiger partial charge in [-0.2, -0.15) is 0 Å². The second-order valence-corrected chi connectivity index (χ2v) is 5.80. The molecule has 1 saturated heterocycles. The molecule has 8 heteroatoms. The molecule has 1 fully saturated rings. The van der Waals surface area contributed by atoms with Gasteiger partial charge in [0.25, 0.3) is 0 Å². The van der Waals surface area contributed by atoms with E-state index in [1.165, 1.54) is 0 Å². The highest BCUT2D eigenvalue weighted by Crippen LogP contribution is 2.11. The van der Waals surface area contributed by atoms with E-state index in [-0.39, 0.29) is 48.2 Å². The third-order valence-electron chi connectivity index (χ3n) is 3.61. The Hall–Kier alpha value is -1.00. The molecule has 1 aliphatic rings. The van der Waals surface area contributed by atoms with Gasteiger partial charge in [0.15, 0.2) is 5.96 Å². The zero-order valence-corrected chi connectivity index (χ0v) is 16.9. The number of guanidine groups is 1. The van der Waals surface area contributed by atoms with Gasteiger partial charge in [-0.05, 0) is 38.5 Å². The lowest BCUT2D eigenvalue weighted by Crippen LogP contribution is -2.44. The zero-order valence-electron chi connectivity index (χ0n) is 14.6. The average molecular weight is 469 g/mol. The maximum absolute atomic E-state index is 13.7. The van der Waals surface area contributed by atoms with Crippen LogP contribution in [-0.4, -0.2) is 44.5 Å². The van der Waals surface area contributed by atoms with Crippen LogP contribution in [0.4, 0.5) is 8.78 Å². The van der Waals surface area contributed by atoms with Gasteiger partial charge in [0.05, 0.1) is 25.9 Å². The molecule has 2 unspecified atom stereocenters. The number of ether oxygens (including phenoxy) is 2. The Morgan fingerprint density at radius 3 is 2.92 bits per heavy atom. The topological polar surface area (TPSA) is 54.9 Å². The molecule has 2 rings (SSSR count). The maximum atomic E-state index is 13.7. The first kappa shape index (κ1) is 22.0. The maximum Gasteiger partial charge on any atom is 0.191 e. The minimum atomic E-state index is -0.472. The number of benzene rings is 1. The van der Waals surface area contributed by atoms with Crippen molar-refractivity contribution < 1.29 is 18.3 Å². The van der Waals surface area contributed by atoms with Gasteiger partial charge in [-0.1, -0.05) is 0 Å². The summed E-state index contributed by atoms with van der Waals surface area (Å²) in [6.45, 7) is 6.55. The summed E-state index contributed by atoms with van der Waals surface area (Å²) in [5, 5.41) is 6.29. The summed E-state index contributed by atoms with van der Waals surface area (Å²) < 4.78 is 37.9. The molecule has 1 heterocycles. The summed E-state index contributed by atoms with van der Waals surface area (Å²) in [7, 11) is 0. The van der Waals surface area contributed by atoms with Crippen molar-refractivity contribution >= 4 is 29.9 Å². The van der Waals surface area contributed by atoms with Crippen LogP contribution in [-0.2, 0) is 16.0 Å². The molecule has 0 aliphatic carbocycles. The third-order valence-corrected chi connectivity index (χ3v) is 3.61. The van der Waals surface area contributed by atoms with Crippen LogP contribution in [0.5, 0.6) is 0 Å². The standard InChI is InChI=1S/C17H25F2N3O2.HI/c1-3-20-17(21-9-13-8-14(18)4-5-16(13)19)22-12(2)10-24-15-6-7-23-11-15;/h4-5,8,12,15H,3,6-7,9-11H2,1-2H3,(H2,20,21,22);1H. The Labute approximate surface area is 164 Å². The molecule has 142 valence electrons. The van der Waals surface area contributed by atoms with Crippen LogP contribution in [0, 0.1) is 11.6 Å². The lowest BCUT2D eigenvalue weighted by molar-refractivity contribution is 0.0347. The van der Waals surface area contributed by atoms with E-state index in [0.717, 1.165) is 31.2 Å². The van der Waals surface area contributed by atoms with Gasteiger partial charge in [-0.25, -0.2) is 13.8 Å². The molecule has 2 N–H and O–H groups in total. The molecule has 25 heavy (non-hydrogen) atoms. The number of nitrogens with zero attached hydrogens (tertiary/aromatic N) is 1. The second kappa shape index (κ2) is 11.6. The molecule has 1 aromatic rings. The molecule has 2 atom stereocenters. The van der Waals surface area contributed by atoms with E-state index in [4.69, 9.17) is 9.47 Å². The molecule has 0 radical (unpaired) electrons. The van der Waals surface area contributed by atoms with E-state index >= 15 is 0 Å². The van der Waals surface area contributed by atoms with Gasteiger partial charge in [-0.15, -0.1) is 24.0 Å². The minimum Gasteiger partial charge on any atom is -0.379 e. The van der Waals surface area contributed by atoms with Gasteiger partial charge < -0.3 is 20.1 Å². The molecule has 0 bridgehead atoms. The quantitative estimate of drug-likeness (QED) is 0.367. The van der Waals surface area contributed by atoms with Crippen LogP contribution in [0.25, 0.3) is 0 Å². The van der Waals surface area contributed by atoms with E-state index in [9.17, 15) is 8.78 Å². The fraction of sp³-hybridized carbons (Fsp3) is 0.588. The molecule has 5 nitrogen and oxygen atoms in total. The van der Waals surface area contributed by atoms with Crippen molar-refractivity contribution in [3.63, 3.8) is 0 Å². The van der Waals surface area contributed by atoms with Crippen molar-refractivity contribution in [3.05, 3.63) is 35.4 Å². The number of hydrogen-bond acceptors (Lipinski definition) is 3. The van der Waals surface area contributed by atoms with Gasteiger partial charge in [0, 0.05) is 24.8 Å². The first-order valence-corrected chi connectivity index (χ1v) is 8.26. The summed E-state index contributed by atoms with van der Waals surface area (Å²) in [6, 6.07) is 3.40. The summed E-state index contributed by atoms with van der Waals surface area (Å²) in [4.78, 5) is 4.31. The lowest BCUT2D eigenvalue weighted by Gasteiger charge is -2.19. The van der Waals surface area contributed by atoms with E-state index in [1.807, 2.05) is 13.8 Å². The Morgan fingerprint density at radius 1 is 1.44 bits per heavy atom. The Morgan fingerprint density at radius 2 is 2.24 bits per heavy atom. The highest BCUT2D eigenvalue weighted by molar-refractivity contribution is 14.0. The van der Waals surface area contributed by atoms with E-state index < -0.39 is 11.6 Å². The van der Waals surface area contributed by atoms with Gasteiger partial charge in [0.2, 0.25) is 0 Å². The van der Waals surface area contributed by atoms with Crippen molar-refractivity contribution in [2.45, 2.75) is 39.0 Å². The van der Waals surface area contributed by atoms with E-state index in [1.54, 1.807) is 0 Å². The molecular weight excluding hydrogens is 443 g/mol. The molecule has 0 spiro atoms. The van der Waals surface area contributed by atoms with Crippen molar-refractivity contribution in [2.75, 3.05) is 26.4 Å². The summed E-state index contributed by atoms with van der Waals surface area (Å²) in [6.07, 6.45) is 1.06. The normalized spacial score (nSPS) is 18.6. The molecule has 0 amide bonds. The average Bonchev–Trinajstić information content (AvgIpc) is 3.07. The fourth-order valence-electron chi connectivity index (χ4n) is 2.35. The van der Waals surface area contributed by atoms with Gasteiger partial charge in [0.1, 0.15) is 11.6 Å². The molecule has 0 aromatic heterocycles. The molecule has 0 saturated carbocycles. The van der Waals surface area contributed by atoms with E-state index in [0.29, 0.717) is 25.7 Å². The first-order valence-electron chi connectivity index (χ1n) is 8.26. The Bertz CT molecular complexity index is 555. The second-order valence-electron chi connectivity index (χ2n) is 5.80. The number of halogens is 3. The highest BCUT2D eigenvalue weighted by Gasteiger charge is 2.17. The molecule has 1 aliphatic heterocycles. The van der Waals surface area contributed by atoms with Crippen molar-refractivity contribution in [2.24, 2.45) is 4.99 Å². The van der Waals surface area contributed by atoms with Crippen LogP contribution in [0.3, 0.4) is 0 Å². The van der Waals surface area contributed by atoms with Crippen LogP contribution < -0.4 is 10.6 Å². The monoisotopic (exact) mass is 469 g/mol. The summed E-state index contributed by atoms with van der Waals surface area (Å²) in [5.74, 6) is -0.395. The predicted molar refractivity (Wildman–Crippen MR) is 104 cm³/mol. The summed E-state index contributed by atoms with van der Waals surface area (Å²) >= 11 is 0. The largest absolute Gasteiger partial charge is 0.379 e. The van der Waals surface area contributed by atoms with Crippen LogP contribution >= 0.6 is 24.0 Å². The number of aliphatic imine (C=N–C) groups is 1. The van der Waals surface area contributed by atoms with Gasteiger partial charge in [-0.3, -0.25) is 0 Å². The first-order chi connectivity index (χ1) is 11.6. The number of nitrogens with one attached hydrogen (secondary N) is 2. The number of rotatable bonds is 7. The number of hydrogen-bond donors (Lipinski definition) is 2. The summed E-state index contributed by atoms with van der Waals surface area (Å²) in [5.41, 5.74) is 0.221. The van der Waals surface area contributed by atoms with Crippen LogP contribution in [0.2, 0.25) is 0 Å². The molecular formula is C17H26F2IN3O2. The van der Waals surface area contributed by atoms with Crippen LogP contribution in [0.1, 0.15) is 25.8 Å². The predicted octanol–water partition coefficient (Wildman–Crippen LogP) is 2.83.